The Morgan fingerprint density at radius 2 is 1.47 bits per heavy atom. The first kappa shape index (κ1) is 26.3. The number of rotatable bonds is 12. The first-order valence-electron chi connectivity index (χ1n) is 11.8. The van der Waals surface area contributed by atoms with E-state index in [1.165, 1.54) is 0 Å². The third kappa shape index (κ3) is 7.35. The van der Waals surface area contributed by atoms with Gasteiger partial charge in [0.2, 0.25) is 0 Å². The van der Waals surface area contributed by atoms with Gasteiger partial charge in [0, 0.05) is 0 Å². The number of benzene rings is 2. The van der Waals surface area contributed by atoms with Crippen molar-refractivity contribution in [1.82, 2.24) is 9.97 Å². The maximum atomic E-state index is 11.3. The number of aliphatic hydroxyl groups is 1. The van der Waals surface area contributed by atoms with Gasteiger partial charge in [-0.3, -0.25) is 0 Å². The minimum atomic E-state index is -2.05. The fraction of sp³-hybridized carbons (Fsp3) is 0.444. The van der Waals surface area contributed by atoms with Crippen molar-refractivity contribution in [3.63, 3.8) is 0 Å². The van der Waals surface area contributed by atoms with E-state index < -0.39 is 26.6 Å². The van der Waals surface area contributed by atoms with Crippen molar-refractivity contribution >= 4 is 8.32 Å². The summed E-state index contributed by atoms with van der Waals surface area (Å²) in [5.41, 5.74) is 2.82. The lowest BCUT2D eigenvalue weighted by Crippen LogP contribution is -2.46. The number of hydrogen-bond acceptors (Lipinski definition) is 5. The Hall–Kier alpha value is -2.29. The Morgan fingerprint density at radius 3 is 1.97 bits per heavy atom. The van der Waals surface area contributed by atoms with Crippen LogP contribution in [0.25, 0.3) is 0 Å². The van der Waals surface area contributed by atoms with Crippen LogP contribution < -0.4 is 0 Å². The predicted octanol–water partition coefficient (Wildman–Crippen LogP) is 5.64. The summed E-state index contributed by atoms with van der Waals surface area (Å²) in [5.74, 6) is 0. The van der Waals surface area contributed by atoms with E-state index in [0.29, 0.717) is 13.2 Å². The number of hydrogen-bond donors (Lipinski definition) is 2. The van der Waals surface area contributed by atoms with Gasteiger partial charge in [0.25, 0.3) is 0 Å². The summed E-state index contributed by atoms with van der Waals surface area (Å²) in [7, 11) is -2.05. The highest BCUT2D eigenvalue weighted by atomic mass is 28.4. The van der Waals surface area contributed by atoms with E-state index in [-0.39, 0.29) is 11.6 Å². The minimum absolute atomic E-state index is 0.0414. The number of ether oxygens (including phenoxy) is 2. The summed E-state index contributed by atoms with van der Waals surface area (Å²) in [6.07, 6.45) is 1.23. The maximum absolute atomic E-state index is 11.3. The fourth-order valence-electron chi connectivity index (χ4n) is 3.32. The first-order valence-corrected chi connectivity index (χ1v) is 14.7. The molecule has 34 heavy (non-hydrogen) atoms. The second-order valence-corrected chi connectivity index (χ2v) is 14.9. The van der Waals surface area contributed by atoms with E-state index >= 15 is 0 Å². The summed E-state index contributed by atoms with van der Waals surface area (Å²) < 4.78 is 19.0. The van der Waals surface area contributed by atoms with E-state index in [0.717, 1.165) is 16.8 Å². The van der Waals surface area contributed by atoms with Crippen LogP contribution in [-0.4, -0.2) is 42.2 Å². The van der Waals surface area contributed by atoms with Crippen LogP contribution in [0.5, 0.6) is 0 Å². The molecule has 3 atom stereocenters. The maximum Gasteiger partial charge on any atom is 0.192 e. The Bertz CT molecular complexity index is 959. The largest absolute Gasteiger partial charge is 0.414 e. The molecule has 2 N–H and O–H groups in total. The van der Waals surface area contributed by atoms with Crippen molar-refractivity contribution < 1.29 is 19.0 Å². The van der Waals surface area contributed by atoms with E-state index in [1.54, 1.807) is 12.5 Å². The Morgan fingerprint density at radius 1 is 0.912 bits per heavy atom. The van der Waals surface area contributed by atoms with Crippen molar-refractivity contribution in [3.05, 3.63) is 90.0 Å². The van der Waals surface area contributed by atoms with Crippen LogP contribution in [0.3, 0.4) is 0 Å². The molecule has 0 aliphatic carbocycles. The average molecular weight is 483 g/mol. The highest BCUT2D eigenvalue weighted by Gasteiger charge is 2.39. The fourth-order valence-corrected chi connectivity index (χ4v) is 4.34. The topological polar surface area (TPSA) is 76.6 Å². The zero-order valence-electron chi connectivity index (χ0n) is 20.9. The van der Waals surface area contributed by atoms with E-state index in [9.17, 15) is 5.11 Å². The van der Waals surface area contributed by atoms with Gasteiger partial charge in [0.1, 0.15) is 18.3 Å². The van der Waals surface area contributed by atoms with Crippen LogP contribution in [0.15, 0.2) is 73.2 Å². The third-order valence-corrected chi connectivity index (χ3v) is 11.0. The molecule has 0 saturated carbocycles. The lowest BCUT2D eigenvalue weighted by atomic mass is 10.1. The highest BCUT2D eigenvalue weighted by Crippen LogP contribution is 2.37. The molecule has 3 aromatic rings. The number of aromatic amines is 1. The summed E-state index contributed by atoms with van der Waals surface area (Å²) in [6, 6.07) is 19.9. The molecule has 3 rings (SSSR count). The van der Waals surface area contributed by atoms with E-state index in [4.69, 9.17) is 13.9 Å². The lowest BCUT2D eigenvalue weighted by molar-refractivity contribution is -0.143. The number of aromatic nitrogens is 2. The molecule has 0 aliphatic heterocycles. The summed E-state index contributed by atoms with van der Waals surface area (Å²) in [4.78, 5) is 7.32. The van der Waals surface area contributed by atoms with Gasteiger partial charge in [-0.2, -0.15) is 0 Å². The van der Waals surface area contributed by atoms with Gasteiger partial charge in [0.05, 0.1) is 38.0 Å². The number of aliphatic hydroxyl groups excluding tert-OH is 1. The van der Waals surface area contributed by atoms with Gasteiger partial charge in [0.15, 0.2) is 8.32 Å². The third-order valence-electron chi connectivity index (χ3n) is 6.48. The zero-order valence-corrected chi connectivity index (χ0v) is 21.9. The van der Waals surface area contributed by atoms with E-state index in [1.807, 2.05) is 60.7 Å². The standard InChI is InChI=1S/C27H38N2O4Si/c1-27(2,3)34(4,5)33-19-24(30)26(32-18-22-14-10-7-11-15-22)25(23-16-28-20-29-23)31-17-21-12-8-6-9-13-21/h6-16,20,24-26,30H,17-19H2,1-5H3,(H,28,29)/t24-,25+,26-/m1/s1. The van der Waals surface area contributed by atoms with Gasteiger partial charge in [-0.25, -0.2) is 4.98 Å². The molecule has 1 aromatic heterocycles. The molecule has 2 aromatic carbocycles. The number of nitrogens with one attached hydrogen (secondary N) is 1. The molecule has 7 heteroatoms. The molecule has 0 fully saturated rings. The summed E-state index contributed by atoms with van der Waals surface area (Å²) in [5, 5.41) is 11.4. The molecule has 0 bridgehead atoms. The monoisotopic (exact) mass is 482 g/mol. The molecular weight excluding hydrogens is 444 g/mol. The van der Waals surface area contributed by atoms with Crippen LogP contribution >= 0.6 is 0 Å². The molecule has 0 amide bonds. The first-order chi connectivity index (χ1) is 16.2. The normalized spacial score (nSPS) is 15.1. The minimum Gasteiger partial charge on any atom is -0.414 e. The van der Waals surface area contributed by atoms with Crippen LogP contribution in [0.1, 0.15) is 43.7 Å². The summed E-state index contributed by atoms with van der Waals surface area (Å²) in [6.45, 7) is 11.8. The molecule has 1 heterocycles. The smallest absolute Gasteiger partial charge is 0.192 e. The van der Waals surface area contributed by atoms with Crippen molar-refractivity contribution in [2.75, 3.05) is 6.61 Å². The Balaban J connectivity index is 1.81. The highest BCUT2D eigenvalue weighted by molar-refractivity contribution is 6.74. The van der Waals surface area contributed by atoms with Crippen LogP contribution in [0.2, 0.25) is 18.1 Å². The van der Waals surface area contributed by atoms with Gasteiger partial charge >= 0.3 is 0 Å². The quantitative estimate of drug-likeness (QED) is 0.327. The Labute approximate surface area is 204 Å². The number of imidazole rings is 1. The van der Waals surface area contributed by atoms with Crippen LogP contribution in [0.4, 0.5) is 0 Å². The second kappa shape index (κ2) is 11.9. The number of H-pyrrole nitrogens is 1. The van der Waals surface area contributed by atoms with Crippen molar-refractivity contribution in [2.45, 2.75) is 70.4 Å². The van der Waals surface area contributed by atoms with Gasteiger partial charge in [-0.1, -0.05) is 81.4 Å². The lowest BCUT2D eigenvalue weighted by Gasteiger charge is -2.38. The second-order valence-electron chi connectivity index (χ2n) is 10.1. The predicted molar refractivity (Wildman–Crippen MR) is 137 cm³/mol. The molecular formula is C27H38N2O4Si. The molecule has 0 unspecified atom stereocenters. The molecule has 0 aliphatic rings. The Kier molecular flexibility index (Phi) is 9.22. The van der Waals surface area contributed by atoms with Crippen molar-refractivity contribution in [2.24, 2.45) is 0 Å². The molecule has 0 saturated heterocycles. The summed E-state index contributed by atoms with van der Waals surface area (Å²) >= 11 is 0. The SMILES string of the molecule is CC(C)(C)[Si](C)(C)OC[C@@H](O)[C@@H](OCc1ccccc1)[C@@H](OCc1ccccc1)c1cnc[nH]1. The van der Waals surface area contributed by atoms with Crippen molar-refractivity contribution in [1.29, 1.82) is 0 Å². The molecule has 0 radical (unpaired) electrons. The van der Waals surface area contributed by atoms with Crippen LogP contribution in [0, 0.1) is 0 Å². The van der Waals surface area contributed by atoms with Gasteiger partial charge in [-0.15, -0.1) is 0 Å². The van der Waals surface area contributed by atoms with Gasteiger partial charge < -0.3 is 24.0 Å². The molecule has 184 valence electrons. The zero-order chi connectivity index (χ0) is 24.6. The number of nitrogens with zero attached hydrogens (tertiary/aromatic N) is 1. The molecule has 6 nitrogen and oxygen atoms in total. The van der Waals surface area contributed by atoms with E-state index in [2.05, 4.69) is 43.8 Å². The van der Waals surface area contributed by atoms with Crippen molar-refractivity contribution in [3.8, 4) is 0 Å². The van der Waals surface area contributed by atoms with Crippen LogP contribution in [-0.2, 0) is 27.1 Å². The molecule has 0 spiro atoms. The van der Waals surface area contributed by atoms with Gasteiger partial charge in [-0.05, 0) is 29.3 Å². The average Bonchev–Trinajstić information content (AvgIpc) is 3.35.